The molecule has 2 aromatic heterocycles. The zero-order chi connectivity index (χ0) is 17.4. The highest BCUT2D eigenvalue weighted by molar-refractivity contribution is 5.52. The minimum atomic E-state index is 0.422. The third-order valence-corrected chi connectivity index (χ3v) is 5.20. The van der Waals surface area contributed by atoms with Gasteiger partial charge in [-0.3, -0.25) is 9.58 Å². The normalized spacial score (nSPS) is 18.1. The fourth-order valence-corrected chi connectivity index (χ4v) is 3.92. The van der Waals surface area contributed by atoms with E-state index in [1.54, 1.807) is 6.26 Å². The highest BCUT2D eigenvalue weighted by Gasteiger charge is 2.30. The van der Waals surface area contributed by atoms with Crippen molar-refractivity contribution in [3.63, 3.8) is 0 Å². The number of likely N-dealkylation sites (tertiary alicyclic amines) is 1. The Balaban J connectivity index is 1.55. The molecule has 1 aliphatic heterocycles. The van der Waals surface area contributed by atoms with Crippen LogP contribution in [0.3, 0.4) is 0 Å². The number of hydrogen-bond donors (Lipinski definition) is 0. The molecule has 25 heavy (non-hydrogen) atoms. The predicted octanol–water partition coefficient (Wildman–Crippen LogP) is 4.03. The van der Waals surface area contributed by atoms with Gasteiger partial charge in [-0.15, -0.1) is 0 Å². The first kappa shape index (κ1) is 16.1. The third-order valence-electron chi connectivity index (χ3n) is 5.20. The molecule has 3 aromatic rings. The van der Waals surface area contributed by atoms with Gasteiger partial charge in [0.25, 0.3) is 0 Å². The minimum Gasteiger partial charge on any atom is -0.444 e. The Labute approximate surface area is 148 Å². The van der Waals surface area contributed by atoms with Crippen molar-refractivity contribution in [1.29, 1.82) is 0 Å². The molecule has 0 unspecified atom stereocenters. The molecule has 5 nitrogen and oxygen atoms in total. The zero-order valence-corrected chi connectivity index (χ0v) is 15.1. The van der Waals surface area contributed by atoms with E-state index in [2.05, 4.69) is 23.8 Å². The highest BCUT2D eigenvalue weighted by atomic mass is 16.3. The maximum Gasteiger partial charge on any atom is 0.226 e. The van der Waals surface area contributed by atoms with Crippen molar-refractivity contribution in [2.45, 2.75) is 39.3 Å². The molecule has 3 heterocycles. The number of aryl methyl sites for hydroxylation is 2. The fraction of sp³-hybridized carbons (Fsp3) is 0.400. The Hall–Kier alpha value is -2.40. The second kappa shape index (κ2) is 6.48. The van der Waals surface area contributed by atoms with Crippen LogP contribution in [0.15, 0.2) is 41.0 Å². The van der Waals surface area contributed by atoms with Crippen LogP contribution in [0.1, 0.15) is 41.5 Å². The summed E-state index contributed by atoms with van der Waals surface area (Å²) < 4.78 is 7.69. The van der Waals surface area contributed by atoms with Gasteiger partial charge in [-0.2, -0.15) is 5.10 Å². The summed E-state index contributed by atoms with van der Waals surface area (Å²) in [5, 5.41) is 4.60. The van der Waals surface area contributed by atoms with E-state index in [1.807, 2.05) is 42.1 Å². The van der Waals surface area contributed by atoms with E-state index in [0.29, 0.717) is 11.9 Å². The maximum atomic E-state index is 5.70. The van der Waals surface area contributed by atoms with Gasteiger partial charge in [-0.05, 0) is 45.4 Å². The van der Waals surface area contributed by atoms with E-state index in [4.69, 9.17) is 9.40 Å². The standard InChI is InChI=1S/C20H24N4O/c1-14-19(15(2)23(3)22-14)18-10-7-11-24(18)12-17-13-25-20(21-17)16-8-5-4-6-9-16/h4-6,8-9,13,18H,7,10-12H2,1-3H3/t18-/m0/s1. The molecule has 0 aliphatic carbocycles. The smallest absolute Gasteiger partial charge is 0.226 e. The Bertz CT molecular complexity index is 865. The lowest BCUT2D eigenvalue weighted by Crippen LogP contribution is -2.23. The largest absolute Gasteiger partial charge is 0.444 e. The molecule has 1 fully saturated rings. The molecule has 1 atom stereocenters. The molecule has 0 amide bonds. The molecule has 4 rings (SSSR count). The van der Waals surface area contributed by atoms with Gasteiger partial charge in [0.05, 0.1) is 11.4 Å². The Morgan fingerprint density at radius 1 is 1.20 bits per heavy atom. The van der Waals surface area contributed by atoms with Gasteiger partial charge in [0, 0.05) is 36.5 Å². The van der Waals surface area contributed by atoms with Gasteiger partial charge in [0.1, 0.15) is 6.26 Å². The summed E-state index contributed by atoms with van der Waals surface area (Å²) >= 11 is 0. The Kier molecular flexibility index (Phi) is 4.17. The van der Waals surface area contributed by atoms with Crippen LogP contribution in [0.25, 0.3) is 11.5 Å². The first-order valence-electron chi connectivity index (χ1n) is 8.87. The van der Waals surface area contributed by atoms with Crippen molar-refractivity contribution < 1.29 is 4.42 Å². The summed E-state index contributed by atoms with van der Waals surface area (Å²) in [7, 11) is 2.02. The van der Waals surface area contributed by atoms with Crippen LogP contribution in [0, 0.1) is 13.8 Å². The molecular weight excluding hydrogens is 312 g/mol. The number of rotatable bonds is 4. The summed E-state index contributed by atoms with van der Waals surface area (Å²) in [6.45, 7) is 6.18. The van der Waals surface area contributed by atoms with E-state index >= 15 is 0 Å². The molecule has 1 saturated heterocycles. The topological polar surface area (TPSA) is 47.1 Å². The quantitative estimate of drug-likeness (QED) is 0.722. The van der Waals surface area contributed by atoms with Crippen molar-refractivity contribution in [2.24, 2.45) is 7.05 Å². The molecule has 0 saturated carbocycles. The average molecular weight is 336 g/mol. The van der Waals surface area contributed by atoms with Crippen LogP contribution in [-0.4, -0.2) is 26.2 Å². The van der Waals surface area contributed by atoms with Crippen LogP contribution in [0.5, 0.6) is 0 Å². The van der Waals surface area contributed by atoms with E-state index in [1.165, 1.54) is 24.1 Å². The van der Waals surface area contributed by atoms with E-state index in [0.717, 1.165) is 30.0 Å². The van der Waals surface area contributed by atoms with Crippen molar-refractivity contribution in [2.75, 3.05) is 6.54 Å². The van der Waals surface area contributed by atoms with Crippen LogP contribution in [0.4, 0.5) is 0 Å². The number of benzene rings is 1. The molecule has 130 valence electrons. The highest BCUT2D eigenvalue weighted by Crippen LogP contribution is 2.36. The summed E-state index contributed by atoms with van der Waals surface area (Å²) in [6.07, 6.45) is 4.18. The lowest BCUT2D eigenvalue weighted by Gasteiger charge is -2.24. The molecular formula is C20H24N4O. The lowest BCUT2D eigenvalue weighted by molar-refractivity contribution is 0.244. The predicted molar refractivity (Wildman–Crippen MR) is 97.0 cm³/mol. The zero-order valence-electron chi connectivity index (χ0n) is 15.1. The number of nitrogens with zero attached hydrogens (tertiary/aromatic N) is 4. The maximum absolute atomic E-state index is 5.70. The van der Waals surface area contributed by atoms with Gasteiger partial charge < -0.3 is 4.42 Å². The second-order valence-electron chi connectivity index (χ2n) is 6.85. The van der Waals surface area contributed by atoms with Gasteiger partial charge >= 0.3 is 0 Å². The van der Waals surface area contributed by atoms with Crippen LogP contribution < -0.4 is 0 Å². The summed E-state index contributed by atoms with van der Waals surface area (Å²) in [5.41, 5.74) is 5.80. The lowest BCUT2D eigenvalue weighted by atomic mass is 10.0. The van der Waals surface area contributed by atoms with E-state index in [-0.39, 0.29) is 0 Å². The monoisotopic (exact) mass is 336 g/mol. The van der Waals surface area contributed by atoms with Crippen molar-refractivity contribution in [1.82, 2.24) is 19.7 Å². The van der Waals surface area contributed by atoms with Gasteiger partial charge in [-0.1, -0.05) is 18.2 Å². The Morgan fingerprint density at radius 2 is 2.00 bits per heavy atom. The number of aromatic nitrogens is 3. The van der Waals surface area contributed by atoms with Crippen LogP contribution in [0.2, 0.25) is 0 Å². The molecule has 0 spiro atoms. The van der Waals surface area contributed by atoms with Crippen molar-refractivity contribution in [3.05, 3.63) is 59.2 Å². The molecule has 0 N–H and O–H groups in total. The molecule has 0 bridgehead atoms. The van der Waals surface area contributed by atoms with Gasteiger partial charge in [0.2, 0.25) is 5.89 Å². The average Bonchev–Trinajstić information content (AvgIpc) is 3.31. The Morgan fingerprint density at radius 3 is 2.72 bits per heavy atom. The molecule has 1 aliphatic rings. The van der Waals surface area contributed by atoms with Gasteiger partial charge in [-0.25, -0.2) is 4.98 Å². The summed E-state index contributed by atoms with van der Waals surface area (Å²) in [4.78, 5) is 7.20. The summed E-state index contributed by atoms with van der Waals surface area (Å²) in [5.74, 6) is 0.695. The number of oxazole rings is 1. The second-order valence-corrected chi connectivity index (χ2v) is 6.85. The van der Waals surface area contributed by atoms with E-state index in [9.17, 15) is 0 Å². The SMILES string of the molecule is Cc1nn(C)c(C)c1[C@@H]1CCCN1Cc1coc(-c2ccccc2)n1. The van der Waals surface area contributed by atoms with Crippen molar-refractivity contribution >= 4 is 0 Å². The van der Waals surface area contributed by atoms with E-state index < -0.39 is 0 Å². The van der Waals surface area contributed by atoms with Crippen LogP contribution >= 0.6 is 0 Å². The first-order chi connectivity index (χ1) is 12.1. The summed E-state index contributed by atoms with van der Waals surface area (Å²) in [6, 6.07) is 10.5. The molecule has 1 aromatic carbocycles. The van der Waals surface area contributed by atoms with Crippen molar-refractivity contribution in [3.8, 4) is 11.5 Å². The third kappa shape index (κ3) is 3.00. The first-order valence-corrected chi connectivity index (χ1v) is 8.87. The molecule has 5 heteroatoms. The van der Waals surface area contributed by atoms with Gasteiger partial charge in [0.15, 0.2) is 0 Å². The number of hydrogen-bond acceptors (Lipinski definition) is 4. The molecule has 0 radical (unpaired) electrons. The minimum absolute atomic E-state index is 0.422. The van der Waals surface area contributed by atoms with Crippen LogP contribution in [-0.2, 0) is 13.6 Å². The fourth-order valence-electron chi connectivity index (χ4n) is 3.92.